The molecule has 2 nitrogen and oxygen atoms in total. The number of hydrogen-bond donors (Lipinski definition) is 0. The first-order chi connectivity index (χ1) is 12.8. The number of hydrogen-bond acceptors (Lipinski definition) is 2. The highest BCUT2D eigenvalue weighted by atomic mass is 15.2. The van der Waals surface area contributed by atoms with Crippen LogP contribution in [0.15, 0.2) is 30.3 Å². The van der Waals surface area contributed by atoms with E-state index in [1.807, 2.05) is 0 Å². The van der Waals surface area contributed by atoms with Crippen molar-refractivity contribution in [3.8, 4) is 0 Å². The van der Waals surface area contributed by atoms with E-state index in [1.165, 1.54) is 84.2 Å². The summed E-state index contributed by atoms with van der Waals surface area (Å²) in [5.74, 6) is 3.45. The van der Waals surface area contributed by atoms with Crippen molar-refractivity contribution in [1.82, 2.24) is 9.80 Å². The second-order valence-corrected chi connectivity index (χ2v) is 9.48. The first kappa shape index (κ1) is 18.5. The highest BCUT2D eigenvalue weighted by molar-refractivity contribution is 5.22. The third-order valence-corrected chi connectivity index (χ3v) is 7.35. The molecule has 2 atom stereocenters. The van der Waals surface area contributed by atoms with E-state index < -0.39 is 0 Å². The van der Waals surface area contributed by atoms with Crippen molar-refractivity contribution in [2.75, 3.05) is 39.3 Å². The summed E-state index contributed by atoms with van der Waals surface area (Å²) in [6, 6.07) is 11.4. The van der Waals surface area contributed by atoms with Gasteiger partial charge in [-0.2, -0.15) is 0 Å². The SMILES string of the molecule is CC1CCN(CC2CN(CC3CCCCC3)CC2c2ccccc2)CC1. The largest absolute Gasteiger partial charge is 0.303 e. The van der Waals surface area contributed by atoms with Gasteiger partial charge in [-0.05, 0) is 62.1 Å². The molecule has 0 spiro atoms. The zero-order valence-electron chi connectivity index (χ0n) is 16.8. The van der Waals surface area contributed by atoms with Gasteiger partial charge in [-0.25, -0.2) is 0 Å². The van der Waals surface area contributed by atoms with Gasteiger partial charge < -0.3 is 9.80 Å². The molecule has 2 heteroatoms. The molecule has 0 bridgehead atoms. The van der Waals surface area contributed by atoms with Crippen LogP contribution in [0.3, 0.4) is 0 Å². The van der Waals surface area contributed by atoms with E-state index >= 15 is 0 Å². The zero-order valence-corrected chi connectivity index (χ0v) is 16.8. The van der Waals surface area contributed by atoms with Crippen LogP contribution in [0.5, 0.6) is 0 Å². The lowest BCUT2D eigenvalue weighted by molar-refractivity contribution is 0.160. The van der Waals surface area contributed by atoms with Gasteiger partial charge in [0, 0.05) is 32.1 Å². The molecule has 26 heavy (non-hydrogen) atoms. The van der Waals surface area contributed by atoms with Crippen LogP contribution in [-0.4, -0.2) is 49.1 Å². The molecule has 2 unspecified atom stereocenters. The second kappa shape index (κ2) is 8.89. The van der Waals surface area contributed by atoms with Gasteiger partial charge in [-0.15, -0.1) is 0 Å². The number of piperidine rings is 1. The minimum atomic E-state index is 0.735. The van der Waals surface area contributed by atoms with Crippen molar-refractivity contribution in [1.29, 1.82) is 0 Å². The monoisotopic (exact) mass is 354 g/mol. The van der Waals surface area contributed by atoms with Gasteiger partial charge in [0.2, 0.25) is 0 Å². The Kier molecular flexibility index (Phi) is 6.32. The lowest BCUT2D eigenvalue weighted by Gasteiger charge is -2.33. The number of likely N-dealkylation sites (tertiary alicyclic amines) is 2. The Labute approximate surface area is 161 Å². The zero-order chi connectivity index (χ0) is 17.8. The van der Waals surface area contributed by atoms with E-state index in [4.69, 9.17) is 0 Å². The molecule has 2 saturated heterocycles. The summed E-state index contributed by atoms with van der Waals surface area (Å²) in [6.45, 7) is 10.3. The van der Waals surface area contributed by atoms with Gasteiger partial charge in [-0.3, -0.25) is 0 Å². The summed E-state index contributed by atoms with van der Waals surface area (Å²) in [5, 5.41) is 0. The van der Waals surface area contributed by atoms with Crippen molar-refractivity contribution in [2.24, 2.45) is 17.8 Å². The van der Waals surface area contributed by atoms with Crippen LogP contribution >= 0.6 is 0 Å². The first-order valence-corrected chi connectivity index (χ1v) is 11.3. The Morgan fingerprint density at radius 3 is 2.27 bits per heavy atom. The first-order valence-electron chi connectivity index (χ1n) is 11.3. The maximum absolute atomic E-state index is 2.82. The van der Waals surface area contributed by atoms with E-state index in [0.717, 1.165) is 23.7 Å². The standard InChI is InChI=1S/C24H38N2/c1-20-12-14-25(15-13-20)17-23-18-26(16-21-8-4-2-5-9-21)19-24(23)22-10-6-3-7-11-22/h3,6-7,10-11,20-21,23-24H,2,4-5,8-9,12-19H2,1H3. The maximum Gasteiger partial charge on any atom is 0.00542 e. The molecule has 1 aliphatic carbocycles. The normalized spacial score (nSPS) is 30.0. The number of rotatable bonds is 5. The van der Waals surface area contributed by atoms with Gasteiger partial charge in [0.25, 0.3) is 0 Å². The molecule has 4 rings (SSSR count). The Hall–Kier alpha value is -0.860. The summed E-state index contributed by atoms with van der Waals surface area (Å²) in [4.78, 5) is 5.59. The van der Waals surface area contributed by atoms with Crippen LogP contribution in [0, 0.1) is 17.8 Å². The van der Waals surface area contributed by atoms with Crippen LogP contribution in [0.4, 0.5) is 0 Å². The minimum absolute atomic E-state index is 0.735. The topological polar surface area (TPSA) is 6.48 Å². The fraction of sp³-hybridized carbons (Fsp3) is 0.750. The van der Waals surface area contributed by atoms with Crippen molar-refractivity contribution >= 4 is 0 Å². The van der Waals surface area contributed by atoms with Gasteiger partial charge in [-0.1, -0.05) is 56.5 Å². The molecule has 1 aromatic rings. The van der Waals surface area contributed by atoms with E-state index in [1.54, 1.807) is 5.56 Å². The van der Waals surface area contributed by atoms with Gasteiger partial charge in [0.1, 0.15) is 0 Å². The van der Waals surface area contributed by atoms with E-state index in [-0.39, 0.29) is 0 Å². The van der Waals surface area contributed by atoms with Crippen LogP contribution < -0.4 is 0 Å². The van der Waals surface area contributed by atoms with E-state index in [0.29, 0.717) is 0 Å². The maximum atomic E-state index is 2.82. The molecule has 0 N–H and O–H groups in total. The van der Waals surface area contributed by atoms with Crippen molar-refractivity contribution in [3.05, 3.63) is 35.9 Å². The van der Waals surface area contributed by atoms with Crippen molar-refractivity contribution < 1.29 is 0 Å². The lowest BCUT2D eigenvalue weighted by atomic mass is 9.88. The Bertz CT molecular complexity index is 528. The summed E-state index contributed by atoms with van der Waals surface area (Å²) in [5.41, 5.74) is 1.58. The molecular weight excluding hydrogens is 316 g/mol. The summed E-state index contributed by atoms with van der Waals surface area (Å²) < 4.78 is 0. The predicted molar refractivity (Wildman–Crippen MR) is 111 cm³/mol. The quantitative estimate of drug-likeness (QED) is 0.733. The third kappa shape index (κ3) is 4.70. The molecule has 0 amide bonds. The fourth-order valence-electron chi connectivity index (χ4n) is 5.68. The van der Waals surface area contributed by atoms with Crippen molar-refractivity contribution in [3.63, 3.8) is 0 Å². The van der Waals surface area contributed by atoms with Gasteiger partial charge in [0.15, 0.2) is 0 Å². The van der Waals surface area contributed by atoms with Crippen LogP contribution in [-0.2, 0) is 0 Å². The number of nitrogens with zero attached hydrogens (tertiary/aromatic N) is 2. The van der Waals surface area contributed by atoms with Gasteiger partial charge in [0.05, 0.1) is 0 Å². The summed E-state index contributed by atoms with van der Waals surface area (Å²) >= 11 is 0. The minimum Gasteiger partial charge on any atom is -0.303 e. The average Bonchev–Trinajstić information content (AvgIpc) is 3.07. The molecule has 1 aromatic carbocycles. The lowest BCUT2D eigenvalue weighted by Crippen LogP contribution is -2.38. The third-order valence-electron chi connectivity index (χ3n) is 7.35. The molecule has 144 valence electrons. The van der Waals surface area contributed by atoms with E-state index in [2.05, 4.69) is 47.1 Å². The van der Waals surface area contributed by atoms with Gasteiger partial charge >= 0.3 is 0 Å². The van der Waals surface area contributed by atoms with E-state index in [9.17, 15) is 0 Å². The molecule has 0 radical (unpaired) electrons. The Morgan fingerprint density at radius 1 is 0.808 bits per heavy atom. The molecule has 1 saturated carbocycles. The molecule has 2 heterocycles. The predicted octanol–water partition coefficient (Wildman–Crippen LogP) is 5.01. The molecule has 3 fully saturated rings. The highest BCUT2D eigenvalue weighted by Gasteiger charge is 2.36. The van der Waals surface area contributed by atoms with Crippen LogP contribution in [0.2, 0.25) is 0 Å². The van der Waals surface area contributed by atoms with Crippen LogP contribution in [0.25, 0.3) is 0 Å². The Morgan fingerprint density at radius 2 is 1.54 bits per heavy atom. The molecule has 2 aliphatic heterocycles. The van der Waals surface area contributed by atoms with Crippen molar-refractivity contribution in [2.45, 2.75) is 57.8 Å². The summed E-state index contributed by atoms with van der Waals surface area (Å²) in [7, 11) is 0. The Balaban J connectivity index is 1.40. The highest BCUT2D eigenvalue weighted by Crippen LogP contribution is 2.35. The number of benzene rings is 1. The molecular formula is C24H38N2. The molecule has 3 aliphatic rings. The fourth-order valence-corrected chi connectivity index (χ4v) is 5.68. The molecule has 0 aromatic heterocycles. The summed E-state index contributed by atoms with van der Waals surface area (Å²) in [6.07, 6.45) is 10.1. The second-order valence-electron chi connectivity index (χ2n) is 9.48. The smallest absolute Gasteiger partial charge is 0.00542 e. The average molecular weight is 355 g/mol. The van der Waals surface area contributed by atoms with Crippen LogP contribution in [0.1, 0.15) is 63.4 Å².